The number of phenolic OH excluding ortho intramolecular Hbond substituents is 1. The first-order chi connectivity index (χ1) is 13.1. The molecule has 2 unspecified atom stereocenters. The van der Waals surface area contributed by atoms with Crippen molar-refractivity contribution in [1.29, 1.82) is 5.41 Å². The van der Waals surface area contributed by atoms with Gasteiger partial charge in [0, 0.05) is 49.7 Å². The predicted molar refractivity (Wildman–Crippen MR) is 107 cm³/mol. The molecule has 1 aromatic carbocycles. The number of rotatable bonds is 4. The number of nitrogens with one attached hydrogen (secondary N) is 1. The van der Waals surface area contributed by atoms with Crippen molar-refractivity contribution in [3.05, 3.63) is 42.1 Å². The summed E-state index contributed by atoms with van der Waals surface area (Å²) < 4.78 is 0. The molecule has 4 N–H and O–H groups in total. The minimum absolute atomic E-state index is 0.0921. The van der Waals surface area contributed by atoms with E-state index in [0.29, 0.717) is 34.2 Å². The summed E-state index contributed by atoms with van der Waals surface area (Å²) in [5.41, 5.74) is 7.97. The maximum absolute atomic E-state index is 10.4. The van der Waals surface area contributed by atoms with Gasteiger partial charge in [-0.15, -0.1) is 10.2 Å². The van der Waals surface area contributed by atoms with Crippen molar-refractivity contribution in [3.8, 4) is 17.0 Å². The van der Waals surface area contributed by atoms with Gasteiger partial charge >= 0.3 is 0 Å². The van der Waals surface area contributed by atoms with Crippen molar-refractivity contribution < 1.29 is 5.11 Å². The molecular weight excluding hydrogens is 340 g/mol. The summed E-state index contributed by atoms with van der Waals surface area (Å²) in [7, 11) is 2.18. The van der Waals surface area contributed by atoms with E-state index in [9.17, 15) is 5.11 Å². The highest BCUT2D eigenvalue weighted by atomic mass is 16.3. The Balaban J connectivity index is 1.52. The number of anilines is 1. The number of nitrogens with two attached hydrogens (primary N) is 1. The first-order valence-electron chi connectivity index (χ1n) is 9.12. The van der Waals surface area contributed by atoms with Crippen LogP contribution in [0, 0.1) is 17.2 Å². The molecule has 2 aromatic rings. The van der Waals surface area contributed by atoms with Crippen molar-refractivity contribution in [2.45, 2.75) is 0 Å². The molecule has 0 radical (unpaired) electrons. The van der Waals surface area contributed by atoms with Gasteiger partial charge in [0.15, 0.2) is 5.82 Å². The molecule has 27 heavy (non-hydrogen) atoms. The zero-order valence-electron chi connectivity index (χ0n) is 15.3. The van der Waals surface area contributed by atoms with Crippen LogP contribution in [0.25, 0.3) is 16.8 Å². The summed E-state index contributed by atoms with van der Waals surface area (Å²) in [6, 6.07) is 9.05. The number of phenols is 1. The highest BCUT2D eigenvalue weighted by molar-refractivity contribution is 6.08. The van der Waals surface area contributed by atoms with Crippen LogP contribution >= 0.6 is 0 Å². The maximum atomic E-state index is 10.4. The number of nitrogens with zero attached hydrogens (tertiary/aromatic N) is 4. The Bertz CT molecular complexity index is 865. The average molecular weight is 364 g/mol. The quantitative estimate of drug-likeness (QED) is 0.715. The normalized spacial score (nSPS) is 22.9. The Kier molecular flexibility index (Phi) is 4.53. The van der Waals surface area contributed by atoms with Gasteiger partial charge < -0.3 is 26.0 Å². The van der Waals surface area contributed by atoms with E-state index in [1.54, 1.807) is 12.1 Å². The number of fused-ring (bicyclic) bond motifs is 1. The van der Waals surface area contributed by atoms with E-state index in [2.05, 4.69) is 27.0 Å². The lowest BCUT2D eigenvalue weighted by Gasteiger charge is -2.19. The molecule has 2 atom stereocenters. The summed E-state index contributed by atoms with van der Waals surface area (Å²) in [5.74, 6) is 2.41. The molecule has 4 rings (SSSR count). The molecule has 7 nitrogen and oxygen atoms in total. The number of hydrogen-bond acceptors (Lipinski definition) is 7. The Morgan fingerprint density at radius 1 is 1.15 bits per heavy atom. The van der Waals surface area contributed by atoms with Crippen molar-refractivity contribution in [2.24, 2.45) is 17.6 Å². The minimum atomic E-state index is 0.0921. The van der Waals surface area contributed by atoms with Crippen LogP contribution in [0.5, 0.6) is 5.75 Å². The SMILES string of the molecule is CN1CC2CN(c3ccc(-c4ccc(/C(C=N)=C/N)cc4O)nn3)CC2C1. The lowest BCUT2D eigenvalue weighted by atomic mass is 10.0. The van der Waals surface area contributed by atoms with Gasteiger partial charge in [-0.25, -0.2) is 0 Å². The van der Waals surface area contributed by atoms with Gasteiger partial charge in [0.2, 0.25) is 0 Å². The molecule has 2 aliphatic rings. The Hall–Kier alpha value is -2.93. The smallest absolute Gasteiger partial charge is 0.151 e. The van der Waals surface area contributed by atoms with Crippen LogP contribution in [-0.4, -0.2) is 59.6 Å². The maximum Gasteiger partial charge on any atom is 0.151 e. The van der Waals surface area contributed by atoms with Crippen LogP contribution in [0.15, 0.2) is 36.5 Å². The number of aromatic nitrogens is 2. The van der Waals surface area contributed by atoms with Crippen molar-refractivity contribution in [3.63, 3.8) is 0 Å². The second kappa shape index (κ2) is 7.00. The van der Waals surface area contributed by atoms with Crippen LogP contribution < -0.4 is 10.6 Å². The van der Waals surface area contributed by atoms with Crippen LogP contribution in [0.2, 0.25) is 0 Å². The molecule has 0 bridgehead atoms. The lowest BCUT2D eigenvalue weighted by Crippen LogP contribution is -2.27. The standard InChI is InChI=1S/C20H24N6O/c1-25-9-15-11-26(12-16(15)10-25)20-5-4-18(23-24-20)17-3-2-13(6-19(17)27)14(7-21)8-22/h2-8,15-16,21,27H,9-12,22H2,1H3/b14-8+,21-7?. The van der Waals surface area contributed by atoms with Gasteiger partial charge in [0.25, 0.3) is 0 Å². The molecule has 140 valence electrons. The molecule has 2 fully saturated rings. The van der Waals surface area contributed by atoms with E-state index in [4.69, 9.17) is 11.1 Å². The summed E-state index contributed by atoms with van der Waals surface area (Å²) in [6.07, 6.45) is 2.51. The summed E-state index contributed by atoms with van der Waals surface area (Å²) in [5, 5.41) is 26.5. The van der Waals surface area contributed by atoms with Gasteiger partial charge in [-0.1, -0.05) is 6.07 Å². The molecular formula is C20H24N6O. The average Bonchev–Trinajstić information content (AvgIpc) is 3.20. The Labute approximate surface area is 158 Å². The molecule has 2 saturated heterocycles. The number of aromatic hydroxyl groups is 1. The first kappa shape index (κ1) is 17.5. The van der Waals surface area contributed by atoms with Crippen LogP contribution in [0.3, 0.4) is 0 Å². The fourth-order valence-corrected chi connectivity index (χ4v) is 4.21. The highest BCUT2D eigenvalue weighted by Gasteiger charge is 2.39. The van der Waals surface area contributed by atoms with Crippen molar-refractivity contribution in [2.75, 3.05) is 38.1 Å². The Morgan fingerprint density at radius 3 is 2.44 bits per heavy atom. The third kappa shape index (κ3) is 3.26. The summed E-state index contributed by atoms with van der Waals surface area (Å²) >= 11 is 0. The van der Waals surface area contributed by atoms with Gasteiger partial charge in [0.05, 0.1) is 5.69 Å². The zero-order chi connectivity index (χ0) is 19.0. The van der Waals surface area contributed by atoms with E-state index in [1.165, 1.54) is 6.20 Å². The van der Waals surface area contributed by atoms with E-state index >= 15 is 0 Å². The summed E-state index contributed by atoms with van der Waals surface area (Å²) in [6.45, 7) is 4.37. The van der Waals surface area contributed by atoms with Crippen molar-refractivity contribution >= 4 is 17.6 Å². The van der Waals surface area contributed by atoms with Crippen LogP contribution in [0.1, 0.15) is 5.56 Å². The second-order valence-electron chi connectivity index (χ2n) is 7.42. The van der Waals surface area contributed by atoms with E-state index < -0.39 is 0 Å². The highest BCUT2D eigenvalue weighted by Crippen LogP contribution is 2.34. The van der Waals surface area contributed by atoms with Gasteiger partial charge in [-0.05, 0) is 48.7 Å². The molecule has 7 heteroatoms. The molecule has 3 heterocycles. The molecule has 0 spiro atoms. The molecule has 0 saturated carbocycles. The predicted octanol–water partition coefficient (Wildman–Crippen LogP) is 1.80. The third-order valence-corrected chi connectivity index (χ3v) is 5.59. The Morgan fingerprint density at radius 2 is 1.89 bits per heavy atom. The van der Waals surface area contributed by atoms with Gasteiger partial charge in [-0.2, -0.15) is 0 Å². The minimum Gasteiger partial charge on any atom is -0.507 e. The largest absolute Gasteiger partial charge is 0.507 e. The van der Waals surface area contributed by atoms with Crippen LogP contribution in [-0.2, 0) is 0 Å². The van der Waals surface area contributed by atoms with Crippen molar-refractivity contribution in [1.82, 2.24) is 15.1 Å². The number of allylic oxidation sites excluding steroid dienone is 1. The third-order valence-electron chi connectivity index (χ3n) is 5.59. The zero-order valence-corrected chi connectivity index (χ0v) is 15.3. The topological polar surface area (TPSA) is 102 Å². The fraction of sp³-hybridized carbons (Fsp3) is 0.350. The molecule has 0 amide bonds. The summed E-state index contributed by atoms with van der Waals surface area (Å²) in [4.78, 5) is 4.71. The molecule has 2 aliphatic heterocycles. The lowest BCUT2D eigenvalue weighted by molar-refractivity contribution is 0.387. The molecule has 1 aromatic heterocycles. The number of likely N-dealkylation sites (tertiary alicyclic amines) is 1. The van der Waals surface area contributed by atoms with E-state index in [1.807, 2.05) is 18.2 Å². The monoisotopic (exact) mass is 364 g/mol. The number of benzene rings is 1. The number of hydrogen-bond donors (Lipinski definition) is 3. The molecule has 0 aliphatic carbocycles. The van der Waals surface area contributed by atoms with Crippen LogP contribution in [0.4, 0.5) is 5.82 Å². The van der Waals surface area contributed by atoms with Gasteiger partial charge in [0.1, 0.15) is 5.75 Å². The first-order valence-corrected chi connectivity index (χ1v) is 9.12. The van der Waals surface area contributed by atoms with E-state index in [-0.39, 0.29) is 5.75 Å². The second-order valence-corrected chi connectivity index (χ2v) is 7.42. The van der Waals surface area contributed by atoms with E-state index in [0.717, 1.165) is 38.2 Å². The fourth-order valence-electron chi connectivity index (χ4n) is 4.21. The van der Waals surface area contributed by atoms with Gasteiger partial charge in [-0.3, -0.25) is 0 Å².